The highest BCUT2D eigenvalue weighted by Gasteiger charge is 2.14. The summed E-state index contributed by atoms with van der Waals surface area (Å²) in [6.07, 6.45) is 3.90. The van der Waals surface area contributed by atoms with Crippen molar-refractivity contribution in [1.29, 1.82) is 0 Å². The summed E-state index contributed by atoms with van der Waals surface area (Å²) in [4.78, 5) is 23.6. The van der Waals surface area contributed by atoms with Crippen molar-refractivity contribution < 1.29 is 9.53 Å². The summed E-state index contributed by atoms with van der Waals surface area (Å²) >= 11 is 0. The van der Waals surface area contributed by atoms with Crippen LogP contribution < -0.4 is 10.9 Å². The third-order valence-corrected chi connectivity index (χ3v) is 3.47. The maximum Gasteiger partial charge on any atom is 0.254 e. The molecule has 2 heterocycles. The van der Waals surface area contributed by atoms with Crippen LogP contribution in [-0.4, -0.2) is 17.1 Å². The SMILES string of the molecule is O=C(Nc1ccc(Cn2ccccc2=O)cc1)C1=COCC1. The molecule has 2 aromatic rings. The Bertz CT molecular complexity index is 760. The van der Waals surface area contributed by atoms with Crippen molar-refractivity contribution in [3.8, 4) is 0 Å². The Morgan fingerprint density at radius 2 is 2.00 bits per heavy atom. The predicted molar refractivity (Wildman–Crippen MR) is 83.5 cm³/mol. The lowest BCUT2D eigenvalue weighted by Crippen LogP contribution is -2.18. The van der Waals surface area contributed by atoms with E-state index in [1.165, 1.54) is 12.3 Å². The lowest BCUT2D eigenvalue weighted by molar-refractivity contribution is -0.112. The summed E-state index contributed by atoms with van der Waals surface area (Å²) in [5.41, 5.74) is 2.34. The van der Waals surface area contributed by atoms with Gasteiger partial charge in [-0.3, -0.25) is 9.59 Å². The Labute approximate surface area is 127 Å². The lowest BCUT2D eigenvalue weighted by Gasteiger charge is -2.08. The topological polar surface area (TPSA) is 60.3 Å². The van der Waals surface area contributed by atoms with Gasteiger partial charge >= 0.3 is 0 Å². The molecule has 3 rings (SSSR count). The Balaban J connectivity index is 1.66. The molecule has 0 atom stereocenters. The molecular weight excluding hydrogens is 280 g/mol. The molecule has 1 aromatic heterocycles. The first kappa shape index (κ1) is 14.1. The van der Waals surface area contributed by atoms with Crippen LogP contribution in [0.15, 0.2) is 65.3 Å². The summed E-state index contributed by atoms with van der Waals surface area (Å²) in [5.74, 6) is -0.135. The van der Waals surface area contributed by atoms with Crippen LogP contribution in [0.1, 0.15) is 12.0 Å². The van der Waals surface area contributed by atoms with E-state index < -0.39 is 0 Å². The van der Waals surface area contributed by atoms with E-state index in [2.05, 4.69) is 5.32 Å². The Hall–Kier alpha value is -2.82. The Kier molecular flexibility index (Phi) is 4.05. The minimum Gasteiger partial charge on any atom is -0.500 e. The average molecular weight is 296 g/mol. The molecule has 1 aliphatic heterocycles. The summed E-state index contributed by atoms with van der Waals surface area (Å²) in [6.45, 7) is 1.07. The minimum atomic E-state index is -0.135. The fraction of sp³-hybridized carbons (Fsp3) is 0.176. The van der Waals surface area contributed by atoms with Crippen LogP contribution in [0.25, 0.3) is 0 Å². The molecule has 1 N–H and O–H groups in total. The highest BCUT2D eigenvalue weighted by Crippen LogP contribution is 2.15. The normalized spacial score (nSPS) is 13.4. The van der Waals surface area contributed by atoms with Crippen molar-refractivity contribution in [2.24, 2.45) is 0 Å². The zero-order chi connectivity index (χ0) is 15.4. The fourth-order valence-electron chi connectivity index (χ4n) is 2.25. The van der Waals surface area contributed by atoms with Crippen LogP contribution in [0.2, 0.25) is 0 Å². The van der Waals surface area contributed by atoms with E-state index in [1.54, 1.807) is 16.8 Å². The second-order valence-electron chi connectivity index (χ2n) is 5.08. The van der Waals surface area contributed by atoms with Crippen LogP contribution in [0.4, 0.5) is 5.69 Å². The first-order valence-corrected chi connectivity index (χ1v) is 7.09. The van der Waals surface area contributed by atoms with Gasteiger partial charge < -0.3 is 14.6 Å². The third kappa shape index (κ3) is 3.25. The molecule has 112 valence electrons. The zero-order valence-corrected chi connectivity index (χ0v) is 12.0. The molecule has 1 amide bonds. The number of anilines is 1. The molecule has 1 aromatic carbocycles. The van der Waals surface area contributed by atoms with E-state index in [0.29, 0.717) is 25.1 Å². The van der Waals surface area contributed by atoms with Gasteiger partial charge in [0.25, 0.3) is 11.5 Å². The lowest BCUT2D eigenvalue weighted by atomic mass is 10.2. The van der Waals surface area contributed by atoms with Gasteiger partial charge in [-0.25, -0.2) is 0 Å². The monoisotopic (exact) mass is 296 g/mol. The number of pyridine rings is 1. The van der Waals surface area contributed by atoms with Crippen LogP contribution in [0, 0.1) is 0 Å². The summed E-state index contributed by atoms with van der Waals surface area (Å²) in [6, 6.07) is 12.5. The van der Waals surface area contributed by atoms with Gasteiger partial charge in [0.05, 0.1) is 25.0 Å². The first-order chi connectivity index (χ1) is 10.7. The second kappa shape index (κ2) is 6.30. The smallest absolute Gasteiger partial charge is 0.254 e. The van der Waals surface area contributed by atoms with Crippen LogP contribution in [-0.2, 0) is 16.1 Å². The van der Waals surface area contributed by atoms with E-state index in [-0.39, 0.29) is 11.5 Å². The standard InChI is InChI=1S/C17H16N2O3/c20-16-3-1-2-9-19(16)11-13-4-6-15(7-5-13)18-17(21)14-8-10-22-12-14/h1-7,9,12H,8,10-11H2,(H,18,21). The van der Waals surface area contributed by atoms with E-state index in [9.17, 15) is 9.59 Å². The molecule has 0 unspecified atom stereocenters. The highest BCUT2D eigenvalue weighted by atomic mass is 16.5. The Morgan fingerprint density at radius 1 is 1.18 bits per heavy atom. The van der Waals surface area contributed by atoms with Crippen molar-refractivity contribution in [2.75, 3.05) is 11.9 Å². The molecule has 22 heavy (non-hydrogen) atoms. The zero-order valence-electron chi connectivity index (χ0n) is 12.0. The molecule has 0 saturated carbocycles. The average Bonchev–Trinajstić information content (AvgIpc) is 3.06. The number of hydrogen-bond acceptors (Lipinski definition) is 3. The number of nitrogens with zero attached hydrogens (tertiary/aromatic N) is 1. The summed E-state index contributed by atoms with van der Waals surface area (Å²) in [7, 11) is 0. The molecule has 0 bridgehead atoms. The molecule has 5 heteroatoms. The summed E-state index contributed by atoms with van der Waals surface area (Å²) < 4.78 is 6.69. The molecule has 1 aliphatic rings. The maximum absolute atomic E-state index is 11.9. The van der Waals surface area contributed by atoms with E-state index in [1.807, 2.05) is 30.3 Å². The van der Waals surface area contributed by atoms with Crippen molar-refractivity contribution in [2.45, 2.75) is 13.0 Å². The second-order valence-corrected chi connectivity index (χ2v) is 5.08. The number of benzene rings is 1. The summed E-state index contributed by atoms with van der Waals surface area (Å²) in [5, 5.41) is 2.83. The Morgan fingerprint density at radius 3 is 2.68 bits per heavy atom. The van der Waals surface area contributed by atoms with E-state index >= 15 is 0 Å². The molecule has 5 nitrogen and oxygen atoms in total. The molecule has 0 aliphatic carbocycles. The van der Waals surface area contributed by atoms with Crippen molar-refractivity contribution >= 4 is 11.6 Å². The number of amides is 1. The van der Waals surface area contributed by atoms with Gasteiger partial charge in [0, 0.05) is 24.4 Å². The molecular formula is C17H16N2O3. The largest absolute Gasteiger partial charge is 0.500 e. The van der Waals surface area contributed by atoms with Crippen molar-refractivity contribution in [3.63, 3.8) is 0 Å². The van der Waals surface area contributed by atoms with Gasteiger partial charge in [-0.2, -0.15) is 0 Å². The number of nitrogens with one attached hydrogen (secondary N) is 1. The number of carbonyl (C=O) groups excluding carboxylic acids is 1. The number of carbonyl (C=O) groups is 1. The number of aromatic nitrogens is 1. The maximum atomic E-state index is 11.9. The van der Waals surface area contributed by atoms with Crippen molar-refractivity contribution in [3.05, 3.63) is 76.4 Å². The van der Waals surface area contributed by atoms with Gasteiger partial charge in [-0.15, -0.1) is 0 Å². The minimum absolute atomic E-state index is 0.0342. The van der Waals surface area contributed by atoms with E-state index in [0.717, 1.165) is 11.3 Å². The van der Waals surface area contributed by atoms with Crippen LogP contribution in [0.3, 0.4) is 0 Å². The quantitative estimate of drug-likeness (QED) is 0.940. The van der Waals surface area contributed by atoms with Crippen LogP contribution in [0.5, 0.6) is 0 Å². The number of rotatable bonds is 4. The predicted octanol–water partition coefficient (Wildman–Crippen LogP) is 2.14. The van der Waals surface area contributed by atoms with Crippen LogP contribution >= 0.6 is 0 Å². The number of hydrogen-bond donors (Lipinski definition) is 1. The molecule has 0 radical (unpaired) electrons. The molecule has 0 fully saturated rings. The van der Waals surface area contributed by atoms with Gasteiger partial charge in [-0.05, 0) is 23.8 Å². The third-order valence-electron chi connectivity index (χ3n) is 3.47. The molecule has 0 saturated heterocycles. The van der Waals surface area contributed by atoms with Crippen molar-refractivity contribution in [1.82, 2.24) is 4.57 Å². The van der Waals surface area contributed by atoms with Gasteiger partial charge in [-0.1, -0.05) is 18.2 Å². The van der Waals surface area contributed by atoms with E-state index in [4.69, 9.17) is 4.74 Å². The number of ether oxygens (including phenoxy) is 1. The highest BCUT2D eigenvalue weighted by molar-refractivity contribution is 6.03. The first-order valence-electron chi connectivity index (χ1n) is 7.09. The van der Waals surface area contributed by atoms with Gasteiger partial charge in [0.2, 0.25) is 0 Å². The fourth-order valence-corrected chi connectivity index (χ4v) is 2.25. The van der Waals surface area contributed by atoms with Gasteiger partial charge in [0.1, 0.15) is 0 Å². The van der Waals surface area contributed by atoms with Gasteiger partial charge in [0.15, 0.2) is 0 Å². The molecule has 0 spiro atoms.